The van der Waals surface area contributed by atoms with Gasteiger partial charge in [0.15, 0.2) is 16.6 Å². The Hall–Kier alpha value is -3.98. The minimum Gasteiger partial charge on any atom is -0.325 e. The minimum atomic E-state index is -0.191. The molecule has 0 fully saturated rings. The van der Waals surface area contributed by atoms with E-state index in [1.807, 2.05) is 53.2 Å². The maximum Gasteiger partial charge on any atom is 0.234 e. The molecule has 0 radical (unpaired) electrons. The lowest BCUT2D eigenvalue weighted by Gasteiger charge is -2.06. The van der Waals surface area contributed by atoms with Gasteiger partial charge in [-0.05, 0) is 25.1 Å². The van der Waals surface area contributed by atoms with Crippen LogP contribution in [-0.4, -0.2) is 41.7 Å². The highest BCUT2D eigenvalue weighted by Crippen LogP contribution is 2.24. The number of amides is 1. The molecule has 5 aromatic rings. The van der Waals surface area contributed by atoms with E-state index >= 15 is 0 Å². The van der Waals surface area contributed by atoms with E-state index in [9.17, 15) is 9.59 Å². The topological polar surface area (TPSA) is 93.7 Å². The molecule has 1 amide bonds. The summed E-state index contributed by atoms with van der Waals surface area (Å²) in [6, 6.07) is 18.8. The molecule has 8 nitrogen and oxygen atoms in total. The highest BCUT2D eigenvalue weighted by molar-refractivity contribution is 7.99. The van der Waals surface area contributed by atoms with Gasteiger partial charge in [-0.3, -0.25) is 14.0 Å². The Morgan fingerprint density at radius 3 is 2.66 bits per heavy atom. The van der Waals surface area contributed by atoms with Crippen LogP contribution in [0.5, 0.6) is 0 Å². The van der Waals surface area contributed by atoms with Crippen LogP contribution in [0.1, 0.15) is 17.3 Å². The number of hydrogen-bond acceptors (Lipinski definition) is 6. The quantitative estimate of drug-likeness (QED) is 0.316. The van der Waals surface area contributed by atoms with Gasteiger partial charge in [0.2, 0.25) is 5.91 Å². The summed E-state index contributed by atoms with van der Waals surface area (Å²) >= 11 is 1.29. The third-order valence-electron chi connectivity index (χ3n) is 4.94. The highest BCUT2D eigenvalue weighted by atomic mass is 32.2. The summed E-state index contributed by atoms with van der Waals surface area (Å²) in [6.07, 6.45) is 3.68. The monoisotopic (exact) mass is 442 g/mol. The fraction of sp³-hybridized carbons (Fsp3) is 0.0870. The minimum absolute atomic E-state index is 0.0491. The molecule has 0 saturated carbocycles. The van der Waals surface area contributed by atoms with Gasteiger partial charge in [-0.2, -0.15) is 5.10 Å². The lowest BCUT2D eigenvalue weighted by atomic mass is 10.1. The van der Waals surface area contributed by atoms with Gasteiger partial charge < -0.3 is 5.32 Å². The van der Waals surface area contributed by atoms with E-state index in [4.69, 9.17) is 0 Å². The van der Waals surface area contributed by atoms with E-state index in [-0.39, 0.29) is 17.4 Å². The predicted molar refractivity (Wildman–Crippen MR) is 123 cm³/mol. The number of Topliss-reactive ketones (excluding diaryl/α,β-unsaturated/α-hetero) is 1. The first-order valence-electron chi connectivity index (χ1n) is 9.91. The predicted octanol–water partition coefficient (Wildman–Crippen LogP) is 3.98. The second-order valence-corrected chi connectivity index (χ2v) is 8.12. The molecule has 3 aromatic heterocycles. The number of nitrogens with zero attached hydrogens (tertiary/aromatic N) is 5. The summed E-state index contributed by atoms with van der Waals surface area (Å²) in [6.45, 7) is 1.49. The average molecular weight is 443 g/mol. The summed E-state index contributed by atoms with van der Waals surface area (Å²) in [5.41, 5.74) is 4.51. The van der Waals surface area contributed by atoms with Crippen molar-refractivity contribution in [2.75, 3.05) is 11.1 Å². The van der Waals surface area contributed by atoms with Gasteiger partial charge in [0.1, 0.15) is 5.52 Å². The van der Waals surface area contributed by atoms with Crippen molar-refractivity contribution >= 4 is 40.3 Å². The smallest absolute Gasteiger partial charge is 0.234 e. The second-order valence-electron chi connectivity index (χ2n) is 7.17. The molecule has 0 aliphatic heterocycles. The van der Waals surface area contributed by atoms with Crippen molar-refractivity contribution in [3.8, 4) is 11.3 Å². The molecule has 0 unspecified atom stereocenters. The third kappa shape index (κ3) is 3.85. The van der Waals surface area contributed by atoms with Crippen LogP contribution >= 0.6 is 11.8 Å². The van der Waals surface area contributed by atoms with Gasteiger partial charge in [0.25, 0.3) is 0 Å². The van der Waals surface area contributed by atoms with Gasteiger partial charge in [0, 0.05) is 29.2 Å². The number of rotatable bonds is 6. The van der Waals surface area contributed by atoms with Crippen LogP contribution in [0.15, 0.2) is 78.2 Å². The summed E-state index contributed by atoms with van der Waals surface area (Å²) < 4.78 is 3.62. The Kier molecular flexibility index (Phi) is 5.16. The molecule has 2 aromatic carbocycles. The first kappa shape index (κ1) is 20.0. The van der Waals surface area contributed by atoms with Crippen molar-refractivity contribution in [3.05, 3.63) is 78.6 Å². The van der Waals surface area contributed by atoms with Gasteiger partial charge in [-0.1, -0.05) is 54.2 Å². The molecule has 3 heterocycles. The molecule has 5 rings (SSSR count). The van der Waals surface area contributed by atoms with Crippen LogP contribution < -0.4 is 5.32 Å². The zero-order chi connectivity index (χ0) is 22.1. The van der Waals surface area contributed by atoms with Crippen LogP contribution in [0.4, 0.5) is 5.69 Å². The molecular formula is C23H18N6O2S. The molecule has 32 heavy (non-hydrogen) atoms. The molecule has 9 heteroatoms. The fourth-order valence-electron chi connectivity index (χ4n) is 3.38. The van der Waals surface area contributed by atoms with Crippen LogP contribution in [0, 0.1) is 0 Å². The molecule has 0 aliphatic carbocycles. The van der Waals surface area contributed by atoms with E-state index in [1.54, 1.807) is 28.8 Å². The lowest BCUT2D eigenvalue weighted by molar-refractivity contribution is -0.113. The number of carbonyl (C=O) groups is 2. The number of ketones is 1. The zero-order valence-corrected chi connectivity index (χ0v) is 17.9. The van der Waals surface area contributed by atoms with E-state index in [1.165, 1.54) is 18.7 Å². The Balaban J connectivity index is 1.34. The second kappa shape index (κ2) is 8.27. The Bertz CT molecular complexity index is 1460. The maximum absolute atomic E-state index is 12.4. The molecule has 0 spiro atoms. The van der Waals surface area contributed by atoms with Crippen molar-refractivity contribution in [1.29, 1.82) is 0 Å². The number of hydrogen-bond donors (Lipinski definition) is 1. The number of aromatic nitrogens is 5. The molecule has 0 aliphatic rings. The number of carbonyl (C=O) groups excluding carboxylic acids is 2. The van der Waals surface area contributed by atoms with Crippen molar-refractivity contribution in [3.63, 3.8) is 0 Å². The molecule has 0 atom stereocenters. The molecule has 0 saturated heterocycles. The number of nitrogens with one attached hydrogen (secondary N) is 1. The Labute approximate surface area is 187 Å². The average Bonchev–Trinajstić information content (AvgIpc) is 3.42. The first-order chi connectivity index (χ1) is 15.6. The molecular weight excluding hydrogens is 424 g/mol. The van der Waals surface area contributed by atoms with Crippen LogP contribution in [-0.2, 0) is 4.79 Å². The number of benzene rings is 2. The Morgan fingerprint density at radius 1 is 1.00 bits per heavy atom. The normalized spacial score (nSPS) is 11.2. The highest BCUT2D eigenvalue weighted by Gasteiger charge is 2.14. The van der Waals surface area contributed by atoms with Gasteiger partial charge in [-0.25, -0.2) is 4.52 Å². The largest absolute Gasteiger partial charge is 0.325 e. The van der Waals surface area contributed by atoms with E-state index in [2.05, 4.69) is 20.6 Å². The summed E-state index contributed by atoms with van der Waals surface area (Å²) in [5.74, 6) is -0.0820. The van der Waals surface area contributed by atoms with Crippen molar-refractivity contribution < 1.29 is 9.59 Å². The van der Waals surface area contributed by atoms with E-state index < -0.39 is 0 Å². The Morgan fingerprint density at radius 2 is 1.84 bits per heavy atom. The number of fused-ring (bicyclic) bond motifs is 3. The first-order valence-corrected chi connectivity index (χ1v) is 10.9. The van der Waals surface area contributed by atoms with Gasteiger partial charge in [0.05, 0.1) is 11.4 Å². The molecule has 0 bridgehead atoms. The third-order valence-corrected chi connectivity index (χ3v) is 5.88. The fourth-order valence-corrected chi connectivity index (χ4v) is 4.10. The van der Waals surface area contributed by atoms with Crippen molar-refractivity contribution in [2.45, 2.75) is 12.1 Å². The van der Waals surface area contributed by atoms with Crippen LogP contribution in [0.2, 0.25) is 0 Å². The standard InChI is InChI=1S/C23H18N6O2S/c1-15(30)17-8-5-9-18(12-17)24-21(31)14-32-23-26-25-22-20-13-19(16-6-3-2-4-7-16)27-29(20)11-10-28(22)23/h2-13H,14H2,1H3,(H,24,31). The van der Waals surface area contributed by atoms with E-state index in [0.717, 1.165) is 16.8 Å². The lowest BCUT2D eigenvalue weighted by Crippen LogP contribution is -2.14. The molecule has 1 N–H and O–H groups in total. The SMILES string of the molecule is CC(=O)c1cccc(NC(=O)CSc2nnc3c4cc(-c5ccccc5)nn4ccn23)c1. The van der Waals surface area contributed by atoms with E-state index in [0.29, 0.717) is 22.1 Å². The number of thioether (sulfide) groups is 1. The summed E-state index contributed by atoms with van der Waals surface area (Å²) in [7, 11) is 0. The number of anilines is 1. The zero-order valence-electron chi connectivity index (χ0n) is 17.1. The van der Waals surface area contributed by atoms with Crippen molar-refractivity contribution in [1.82, 2.24) is 24.2 Å². The summed E-state index contributed by atoms with van der Waals surface area (Å²) in [4.78, 5) is 23.9. The summed E-state index contributed by atoms with van der Waals surface area (Å²) in [5, 5.41) is 16.6. The molecule has 158 valence electrons. The van der Waals surface area contributed by atoms with Gasteiger partial charge >= 0.3 is 0 Å². The van der Waals surface area contributed by atoms with Crippen LogP contribution in [0.3, 0.4) is 0 Å². The van der Waals surface area contributed by atoms with Crippen molar-refractivity contribution in [2.24, 2.45) is 0 Å². The van der Waals surface area contributed by atoms with Gasteiger partial charge in [-0.15, -0.1) is 10.2 Å². The van der Waals surface area contributed by atoms with Crippen LogP contribution in [0.25, 0.3) is 22.4 Å². The maximum atomic E-state index is 12.4.